The zero-order chi connectivity index (χ0) is 21.4. The summed E-state index contributed by atoms with van der Waals surface area (Å²) in [5.74, 6) is 0.561. The van der Waals surface area contributed by atoms with Crippen molar-refractivity contribution in [2.24, 2.45) is 5.92 Å². The van der Waals surface area contributed by atoms with Crippen molar-refractivity contribution in [3.63, 3.8) is 0 Å². The van der Waals surface area contributed by atoms with Crippen LogP contribution < -0.4 is 16.3 Å². The van der Waals surface area contributed by atoms with E-state index in [0.29, 0.717) is 24.3 Å². The summed E-state index contributed by atoms with van der Waals surface area (Å²) in [6.45, 7) is 4.43. The molecule has 0 saturated carbocycles. The van der Waals surface area contributed by atoms with Crippen molar-refractivity contribution in [1.82, 2.24) is 21.3 Å². The summed E-state index contributed by atoms with van der Waals surface area (Å²) in [5, 5.41) is 16.8. The fraction of sp³-hybridized carbons (Fsp3) is 0.619. The number of nitrogens with one attached hydrogen (secondary N) is 3. The first-order chi connectivity index (χ1) is 14.2. The maximum atomic E-state index is 12.9. The summed E-state index contributed by atoms with van der Waals surface area (Å²) in [7, 11) is 0. The largest absolute Gasteiger partial charge is 0.416 e. The third kappa shape index (κ3) is 4.74. The molecule has 0 amide bonds. The molecule has 4 N–H and O–H groups in total. The van der Waals surface area contributed by atoms with Gasteiger partial charge in [0.2, 0.25) is 0 Å². The molecule has 30 heavy (non-hydrogen) atoms. The summed E-state index contributed by atoms with van der Waals surface area (Å²) in [6.07, 6.45) is 0.499. The van der Waals surface area contributed by atoms with Gasteiger partial charge in [-0.15, -0.1) is 5.53 Å². The highest BCUT2D eigenvalue weighted by Crippen LogP contribution is 2.38. The molecule has 0 aromatic heterocycles. The number of halogens is 3. The van der Waals surface area contributed by atoms with Crippen LogP contribution in [0.15, 0.2) is 36.2 Å². The van der Waals surface area contributed by atoms with Crippen LogP contribution in [0.2, 0.25) is 0 Å². The number of benzene rings is 1. The first-order valence-corrected chi connectivity index (χ1v) is 10.5. The number of alkyl halides is 3. The predicted octanol–water partition coefficient (Wildman–Crippen LogP) is 2.63. The lowest BCUT2D eigenvalue weighted by Gasteiger charge is -2.41. The van der Waals surface area contributed by atoms with E-state index < -0.39 is 17.3 Å². The molecule has 3 aliphatic rings. The van der Waals surface area contributed by atoms with Gasteiger partial charge in [-0.25, -0.2) is 0 Å². The van der Waals surface area contributed by atoms with E-state index in [2.05, 4.69) is 16.3 Å². The molecule has 2 saturated heterocycles. The van der Waals surface area contributed by atoms with E-state index in [1.54, 1.807) is 0 Å². The number of aliphatic hydroxyl groups is 1. The second-order valence-corrected chi connectivity index (χ2v) is 8.66. The first kappa shape index (κ1) is 21.4. The lowest BCUT2D eigenvalue weighted by atomic mass is 9.78. The second-order valence-electron chi connectivity index (χ2n) is 8.66. The van der Waals surface area contributed by atoms with E-state index in [4.69, 9.17) is 4.74 Å². The average molecular weight is 426 g/mol. The van der Waals surface area contributed by atoms with Crippen molar-refractivity contribution in [2.45, 2.75) is 56.5 Å². The van der Waals surface area contributed by atoms with Gasteiger partial charge >= 0.3 is 6.18 Å². The predicted molar refractivity (Wildman–Crippen MR) is 106 cm³/mol. The summed E-state index contributed by atoms with van der Waals surface area (Å²) < 4.78 is 44.1. The second kappa shape index (κ2) is 8.37. The Bertz CT molecular complexity index is 765. The van der Waals surface area contributed by atoms with Gasteiger partial charge in [-0.1, -0.05) is 12.1 Å². The Hall–Kier alpha value is -1.81. The quantitative estimate of drug-likeness (QED) is 0.594. The number of ether oxygens (including phenoxy) is 1. The standard InChI is InChI=1S/C21H29F3N4O2/c1-14-10-20(29,16-2-4-17(5-3-16)21(22,23)24)11-18(25-14)19-13-28(27-26-19)12-15-6-8-30-9-7-15/h2-5,13-15,18,25-27,29H,6-12H2,1H3/t14-,18-,20?/m0/s1. The molecule has 1 aromatic carbocycles. The van der Waals surface area contributed by atoms with Gasteiger partial charge in [-0.3, -0.25) is 5.01 Å². The van der Waals surface area contributed by atoms with Crippen molar-refractivity contribution in [1.29, 1.82) is 0 Å². The van der Waals surface area contributed by atoms with E-state index in [-0.39, 0.29) is 12.1 Å². The van der Waals surface area contributed by atoms with Crippen LogP contribution in [0.5, 0.6) is 0 Å². The van der Waals surface area contributed by atoms with Crippen molar-refractivity contribution in [2.75, 3.05) is 19.8 Å². The van der Waals surface area contributed by atoms with Crippen molar-refractivity contribution >= 4 is 0 Å². The van der Waals surface area contributed by atoms with Gasteiger partial charge in [0, 0.05) is 38.4 Å². The maximum absolute atomic E-state index is 12.9. The minimum atomic E-state index is -4.39. The highest BCUT2D eigenvalue weighted by Gasteiger charge is 2.41. The number of hydrazine groups is 2. The Morgan fingerprint density at radius 2 is 1.87 bits per heavy atom. The number of rotatable bonds is 4. The fourth-order valence-corrected chi connectivity index (χ4v) is 4.65. The Morgan fingerprint density at radius 1 is 1.17 bits per heavy atom. The van der Waals surface area contributed by atoms with Crippen LogP contribution in [0.4, 0.5) is 13.2 Å². The molecule has 0 aliphatic carbocycles. The summed E-state index contributed by atoms with van der Waals surface area (Å²) >= 11 is 0. The molecule has 0 radical (unpaired) electrons. The van der Waals surface area contributed by atoms with Gasteiger partial charge in [-0.2, -0.15) is 13.2 Å². The average Bonchev–Trinajstić information content (AvgIpc) is 3.16. The summed E-state index contributed by atoms with van der Waals surface area (Å²) in [4.78, 5) is 0. The monoisotopic (exact) mass is 426 g/mol. The molecule has 0 spiro atoms. The van der Waals surface area contributed by atoms with E-state index >= 15 is 0 Å². The normalized spacial score (nSPS) is 30.8. The third-order valence-electron chi connectivity index (χ3n) is 6.23. The molecular formula is C21H29F3N4O2. The smallest absolute Gasteiger partial charge is 0.385 e. The molecule has 166 valence electrons. The van der Waals surface area contributed by atoms with Crippen LogP contribution in [0.3, 0.4) is 0 Å². The zero-order valence-electron chi connectivity index (χ0n) is 17.0. The van der Waals surface area contributed by atoms with Gasteiger partial charge < -0.3 is 20.6 Å². The minimum Gasteiger partial charge on any atom is -0.385 e. The number of nitrogens with zero attached hydrogens (tertiary/aromatic N) is 1. The Balaban J connectivity index is 1.45. The van der Waals surface area contributed by atoms with Crippen molar-refractivity contribution in [3.05, 3.63) is 47.3 Å². The van der Waals surface area contributed by atoms with E-state index in [1.807, 2.05) is 18.1 Å². The van der Waals surface area contributed by atoms with Crippen LogP contribution in [0.1, 0.15) is 43.7 Å². The Kier molecular flexibility index (Phi) is 5.98. The van der Waals surface area contributed by atoms with E-state index in [0.717, 1.165) is 50.4 Å². The molecule has 3 aliphatic heterocycles. The number of piperidine rings is 1. The molecule has 9 heteroatoms. The fourth-order valence-electron chi connectivity index (χ4n) is 4.65. The molecule has 0 bridgehead atoms. The number of hydrogen-bond acceptors (Lipinski definition) is 6. The highest BCUT2D eigenvalue weighted by atomic mass is 19.4. The molecule has 6 nitrogen and oxygen atoms in total. The first-order valence-electron chi connectivity index (χ1n) is 10.5. The van der Waals surface area contributed by atoms with Crippen LogP contribution >= 0.6 is 0 Å². The SMILES string of the molecule is C[C@H]1CC(O)(c2ccc(C(F)(F)F)cc2)C[C@@H](C2=CN(CC3CCOCC3)NN2)N1. The molecule has 3 heterocycles. The molecule has 2 fully saturated rings. The van der Waals surface area contributed by atoms with E-state index in [1.165, 1.54) is 12.1 Å². The topological polar surface area (TPSA) is 68.8 Å². The van der Waals surface area contributed by atoms with Crippen LogP contribution in [-0.4, -0.2) is 42.0 Å². The van der Waals surface area contributed by atoms with Gasteiger partial charge in [0.05, 0.1) is 22.9 Å². The van der Waals surface area contributed by atoms with Crippen LogP contribution in [0, 0.1) is 5.92 Å². The van der Waals surface area contributed by atoms with Crippen LogP contribution in [-0.2, 0) is 16.5 Å². The molecular weight excluding hydrogens is 397 g/mol. The lowest BCUT2D eigenvalue weighted by Crippen LogP contribution is -2.53. The van der Waals surface area contributed by atoms with Gasteiger partial charge in [0.25, 0.3) is 0 Å². The molecule has 1 unspecified atom stereocenters. The summed E-state index contributed by atoms with van der Waals surface area (Å²) in [6, 6.07) is 4.73. The molecule has 4 rings (SSSR count). The van der Waals surface area contributed by atoms with Crippen molar-refractivity contribution < 1.29 is 23.0 Å². The maximum Gasteiger partial charge on any atom is 0.416 e. The number of hydrogen-bond donors (Lipinski definition) is 4. The third-order valence-corrected chi connectivity index (χ3v) is 6.23. The van der Waals surface area contributed by atoms with Gasteiger partial charge in [0.15, 0.2) is 0 Å². The highest BCUT2D eigenvalue weighted by molar-refractivity contribution is 5.31. The zero-order valence-corrected chi connectivity index (χ0v) is 17.0. The summed E-state index contributed by atoms with van der Waals surface area (Å²) in [5.41, 5.74) is 5.87. The van der Waals surface area contributed by atoms with Gasteiger partial charge in [-0.05, 0) is 49.8 Å². The van der Waals surface area contributed by atoms with Crippen LogP contribution in [0.25, 0.3) is 0 Å². The minimum absolute atomic E-state index is 0.00304. The van der Waals surface area contributed by atoms with E-state index in [9.17, 15) is 18.3 Å². The Morgan fingerprint density at radius 3 is 2.53 bits per heavy atom. The van der Waals surface area contributed by atoms with Gasteiger partial charge in [0.1, 0.15) is 0 Å². The lowest BCUT2D eigenvalue weighted by molar-refractivity contribution is -0.137. The van der Waals surface area contributed by atoms with Crippen molar-refractivity contribution in [3.8, 4) is 0 Å². The molecule has 3 atom stereocenters. The Labute approximate surface area is 174 Å². The molecule has 1 aromatic rings.